The van der Waals surface area contributed by atoms with Crippen molar-refractivity contribution >= 4 is 24.3 Å². The lowest BCUT2D eigenvalue weighted by molar-refractivity contribution is -0.107. The summed E-state index contributed by atoms with van der Waals surface area (Å²) in [5, 5.41) is 9.11. The number of carbonyl (C=O) groups excluding carboxylic acids is 1. The molecule has 1 aromatic rings. The molecule has 16 heavy (non-hydrogen) atoms. The molecule has 8 heteroatoms. The van der Waals surface area contributed by atoms with Gasteiger partial charge in [-0.25, -0.2) is 0 Å². The second-order valence-electron chi connectivity index (χ2n) is 3.29. The molecule has 88 valence electrons. The molecular formula is C8H14N6O2. The number of hydrogen-bond acceptors (Lipinski definition) is 7. The number of rotatable bonds is 5. The maximum Gasteiger partial charge on any atom is 0.238 e. The van der Waals surface area contributed by atoms with Crippen molar-refractivity contribution in [2.45, 2.75) is 19.4 Å². The fraction of sp³-hybridized carbons (Fsp3) is 0.500. The lowest BCUT2D eigenvalue weighted by Crippen LogP contribution is -2.27. The topological polar surface area (TPSA) is 131 Å². The molecule has 0 bridgehead atoms. The predicted molar refractivity (Wildman–Crippen MR) is 58.4 cm³/mol. The number of nitrogens with two attached hydrogens (primary N) is 2. The first-order valence-corrected chi connectivity index (χ1v) is 4.70. The van der Waals surface area contributed by atoms with Gasteiger partial charge in [0.1, 0.15) is 0 Å². The van der Waals surface area contributed by atoms with Gasteiger partial charge in [0.15, 0.2) is 0 Å². The Labute approximate surface area is 92.3 Å². The van der Waals surface area contributed by atoms with E-state index in [1.165, 1.54) is 4.90 Å². The summed E-state index contributed by atoms with van der Waals surface area (Å²) in [6.07, 6.45) is 0.444. The third kappa shape index (κ3) is 3.31. The van der Waals surface area contributed by atoms with Crippen molar-refractivity contribution in [3.63, 3.8) is 0 Å². The second-order valence-corrected chi connectivity index (χ2v) is 3.29. The van der Waals surface area contributed by atoms with Crippen molar-refractivity contribution in [3.05, 3.63) is 0 Å². The van der Waals surface area contributed by atoms with E-state index >= 15 is 0 Å². The molecule has 0 aliphatic rings. The van der Waals surface area contributed by atoms with E-state index in [-0.39, 0.29) is 24.4 Å². The molecule has 1 amide bonds. The summed E-state index contributed by atoms with van der Waals surface area (Å²) in [5.41, 5.74) is 10.7. The molecule has 1 heterocycles. The SMILES string of the molecule is CC(O)CCN(C=O)c1nc(N)nc(N)n1. The molecule has 0 saturated heterocycles. The van der Waals surface area contributed by atoms with E-state index in [1.807, 2.05) is 0 Å². The third-order valence-corrected chi connectivity index (χ3v) is 1.83. The van der Waals surface area contributed by atoms with Crippen molar-refractivity contribution in [1.82, 2.24) is 15.0 Å². The zero-order chi connectivity index (χ0) is 12.1. The number of nitrogens with zero attached hydrogens (tertiary/aromatic N) is 4. The molecule has 0 spiro atoms. The standard InChI is InChI=1S/C8H14N6O2/c1-5(16)2-3-14(4-15)8-12-6(9)11-7(10)13-8/h4-5,16H,2-3H2,1H3,(H4,9,10,11,12,13). The fourth-order valence-electron chi connectivity index (χ4n) is 1.05. The molecule has 0 saturated carbocycles. The average Bonchev–Trinajstić information content (AvgIpc) is 2.16. The second kappa shape index (κ2) is 5.21. The Morgan fingerprint density at radius 2 is 1.94 bits per heavy atom. The number of anilines is 3. The highest BCUT2D eigenvalue weighted by Crippen LogP contribution is 2.09. The molecule has 1 unspecified atom stereocenters. The first-order chi connectivity index (χ1) is 7.52. The highest BCUT2D eigenvalue weighted by molar-refractivity contribution is 5.71. The summed E-state index contributed by atoms with van der Waals surface area (Å²) in [5.74, 6) is -0.0153. The van der Waals surface area contributed by atoms with Gasteiger partial charge >= 0.3 is 0 Å². The minimum atomic E-state index is -0.515. The maximum absolute atomic E-state index is 10.8. The van der Waals surface area contributed by atoms with Crippen LogP contribution in [-0.2, 0) is 4.79 Å². The van der Waals surface area contributed by atoms with Crippen LogP contribution < -0.4 is 16.4 Å². The van der Waals surface area contributed by atoms with Crippen molar-refractivity contribution in [2.75, 3.05) is 22.9 Å². The number of aliphatic hydroxyl groups excluding tert-OH is 1. The molecule has 0 aliphatic heterocycles. The van der Waals surface area contributed by atoms with Crippen molar-refractivity contribution in [2.24, 2.45) is 0 Å². The first kappa shape index (κ1) is 12.1. The van der Waals surface area contributed by atoms with Gasteiger partial charge in [-0.05, 0) is 13.3 Å². The molecule has 0 aromatic carbocycles. The van der Waals surface area contributed by atoms with E-state index in [9.17, 15) is 4.79 Å². The van der Waals surface area contributed by atoms with Gasteiger partial charge in [0.05, 0.1) is 6.10 Å². The summed E-state index contributed by atoms with van der Waals surface area (Å²) in [7, 11) is 0. The van der Waals surface area contributed by atoms with Crippen molar-refractivity contribution in [1.29, 1.82) is 0 Å². The Balaban J connectivity index is 2.82. The van der Waals surface area contributed by atoms with Gasteiger partial charge in [0.2, 0.25) is 24.3 Å². The van der Waals surface area contributed by atoms with Gasteiger partial charge in [-0.1, -0.05) is 0 Å². The van der Waals surface area contributed by atoms with Gasteiger partial charge in [0.25, 0.3) is 0 Å². The molecule has 0 radical (unpaired) electrons. The summed E-state index contributed by atoms with van der Waals surface area (Å²) < 4.78 is 0. The molecule has 1 aromatic heterocycles. The van der Waals surface area contributed by atoms with E-state index in [0.717, 1.165) is 0 Å². The van der Waals surface area contributed by atoms with Crippen LogP contribution in [0.1, 0.15) is 13.3 Å². The largest absolute Gasteiger partial charge is 0.393 e. The van der Waals surface area contributed by atoms with Crippen LogP contribution in [0.4, 0.5) is 17.8 Å². The van der Waals surface area contributed by atoms with Gasteiger partial charge in [0, 0.05) is 6.54 Å². The number of hydrogen-bond donors (Lipinski definition) is 3. The molecule has 5 N–H and O–H groups in total. The number of aliphatic hydroxyl groups is 1. The monoisotopic (exact) mass is 226 g/mol. The highest BCUT2D eigenvalue weighted by Gasteiger charge is 2.11. The van der Waals surface area contributed by atoms with Gasteiger partial charge in [-0.2, -0.15) is 15.0 Å². The van der Waals surface area contributed by atoms with E-state index in [2.05, 4.69) is 15.0 Å². The summed E-state index contributed by atoms with van der Waals surface area (Å²) in [6.45, 7) is 1.91. The predicted octanol–water partition coefficient (Wildman–Crippen LogP) is -1.23. The molecule has 8 nitrogen and oxygen atoms in total. The minimum absolute atomic E-state index is 0.0496. The Kier molecular flexibility index (Phi) is 3.95. The molecule has 1 atom stereocenters. The number of carbonyl (C=O) groups is 1. The van der Waals surface area contributed by atoms with Gasteiger partial charge < -0.3 is 16.6 Å². The van der Waals surface area contributed by atoms with Crippen LogP contribution in [0.5, 0.6) is 0 Å². The maximum atomic E-state index is 10.8. The third-order valence-electron chi connectivity index (χ3n) is 1.83. The van der Waals surface area contributed by atoms with Crippen LogP contribution in [0.2, 0.25) is 0 Å². The van der Waals surface area contributed by atoms with E-state index < -0.39 is 6.10 Å². The fourth-order valence-corrected chi connectivity index (χ4v) is 1.05. The van der Waals surface area contributed by atoms with Crippen LogP contribution >= 0.6 is 0 Å². The zero-order valence-corrected chi connectivity index (χ0v) is 8.87. The number of nitrogen functional groups attached to an aromatic ring is 2. The summed E-state index contributed by atoms with van der Waals surface area (Å²) >= 11 is 0. The molecule has 0 aliphatic carbocycles. The molecule has 0 fully saturated rings. The highest BCUT2D eigenvalue weighted by atomic mass is 16.3. The molecular weight excluding hydrogens is 212 g/mol. The Hall–Kier alpha value is -1.96. The Morgan fingerprint density at radius 1 is 1.38 bits per heavy atom. The van der Waals surface area contributed by atoms with Crippen LogP contribution in [0.25, 0.3) is 0 Å². The van der Waals surface area contributed by atoms with Crippen LogP contribution in [0, 0.1) is 0 Å². The summed E-state index contributed by atoms with van der Waals surface area (Å²) in [4.78, 5) is 23.1. The summed E-state index contributed by atoms with van der Waals surface area (Å²) in [6, 6.07) is 0. The first-order valence-electron chi connectivity index (χ1n) is 4.70. The van der Waals surface area contributed by atoms with Crippen molar-refractivity contribution < 1.29 is 9.90 Å². The molecule has 1 rings (SSSR count). The van der Waals surface area contributed by atoms with E-state index in [0.29, 0.717) is 12.8 Å². The normalized spacial score (nSPS) is 12.1. The van der Waals surface area contributed by atoms with Crippen LogP contribution in [0.15, 0.2) is 0 Å². The smallest absolute Gasteiger partial charge is 0.238 e. The lowest BCUT2D eigenvalue weighted by Gasteiger charge is -2.16. The Bertz CT molecular complexity index is 349. The average molecular weight is 226 g/mol. The van der Waals surface area contributed by atoms with Crippen LogP contribution in [0.3, 0.4) is 0 Å². The van der Waals surface area contributed by atoms with E-state index in [4.69, 9.17) is 16.6 Å². The minimum Gasteiger partial charge on any atom is -0.393 e. The zero-order valence-electron chi connectivity index (χ0n) is 8.87. The van der Waals surface area contributed by atoms with Gasteiger partial charge in [-0.15, -0.1) is 0 Å². The quantitative estimate of drug-likeness (QED) is 0.535. The van der Waals surface area contributed by atoms with E-state index in [1.54, 1.807) is 6.92 Å². The number of aromatic nitrogens is 3. The van der Waals surface area contributed by atoms with Gasteiger partial charge in [-0.3, -0.25) is 9.69 Å². The van der Waals surface area contributed by atoms with Crippen molar-refractivity contribution in [3.8, 4) is 0 Å². The Morgan fingerprint density at radius 3 is 2.38 bits per heavy atom. The lowest BCUT2D eigenvalue weighted by atomic mass is 10.3. The number of amides is 1. The van der Waals surface area contributed by atoms with Crippen LogP contribution in [-0.4, -0.2) is 39.1 Å².